The number of rotatable bonds is 4. The van der Waals surface area contributed by atoms with Gasteiger partial charge in [-0.2, -0.15) is 13.2 Å². The lowest BCUT2D eigenvalue weighted by atomic mass is 10.1. The van der Waals surface area contributed by atoms with Crippen molar-refractivity contribution in [2.75, 3.05) is 16.8 Å². The van der Waals surface area contributed by atoms with Gasteiger partial charge in [-0.25, -0.2) is 8.42 Å². The van der Waals surface area contributed by atoms with Crippen molar-refractivity contribution in [1.29, 1.82) is 0 Å². The standard InChI is InChI=1S/C11H10F3N3O7S/c12-11(13,14)5-1-7(16(19)20)10(8(2-5)17(21)22)15-6-3-25(23,24)4-9(6)18/h1-2,6,9,15,18H,3-4H2/t6-,9-/m0/s1. The molecule has 1 saturated heterocycles. The molecule has 1 aliphatic rings. The molecule has 25 heavy (non-hydrogen) atoms. The number of nitrogens with one attached hydrogen (secondary N) is 1. The minimum absolute atomic E-state index is 0.102. The summed E-state index contributed by atoms with van der Waals surface area (Å²) in [5.41, 5.74) is -5.00. The average Bonchev–Trinajstić information content (AvgIpc) is 2.69. The van der Waals surface area contributed by atoms with E-state index < -0.39 is 72.1 Å². The van der Waals surface area contributed by atoms with E-state index in [0.29, 0.717) is 0 Å². The van der Waals surface area contributed by atoms with E-state index in [9.17, 15) is 46.9 Å². The Balaban J connectivity index is 2.59. The predicted molar refractivity (Wildman–Crippen MR) is 76.8 cm³/mol. The second-order valence-corrected chi connectivity index (χ2v) is 7.45. The molecule has 0 radical (unpaired) electrons. The molecule has 138 valence electrons. The van der Waals surface area contributed by atoms with Gasteiger partial charge < -0.3 is 10.4 Å². The summed E-state index contributed by atoms with van der Waals surface area (Å²) in [6.45, 7) is 0. The van der Waals surface area contributed by atoms with Gasteiger partial charge in [0, 0.05) is 12.1 Å². The largest absolute Gasteiger partial charge is 0.416 e. The zero-order chi connectivity index (χ0) is 19.2. The van der Waals surface area contributed by atoms with Crippen molar-refractivity contribution in [2.45, 2.75) is 18.3 Å². The number of aliphatic hydroxyl groups is 1. The van der Waals surface area contributed by atoms with Crippen LogP contribution in [0.15, 0.2) is 12.1 Å². The number of hydrogen-bond donors (Lipinski definition) is 2. The van der Waals surface area contributed by atoms with Crippen LogP contribution in [-0.4, -0.2) is 47.0 Å². The van der Waals surface area contributed by atoms with Crippen LogP contribution in [0.2, 0.25) is 0 Å². The third kappa shape index (κ3) is 3.96. The first-order valence-corrected chi connectivity index (χ1v) is 8.33. The maximum atomic E-state index is 12.8. The van der Waals surface area contributed by atoms with Crippen molar-refractivity contribution < 1.29 is 36.5 Å². The lowest BCUT2D eigenvalue weighted by molar-refractivity contribution is -0.392. The third-order valence-electron chi connectivity index (χ3n) is 3.47. The lowest BCUT2D eigenvalue weighted by Gasteiger charge is -2.17. The highest BCUT2D eigenvalue weighted by Crippen LogP contribution is 2.41. The molecule has 0 amide bonds. The van der Waals surface area contributed by atoms with Crippen LogP contribution >= 0.6 is 0 Å². The summed E-state index contributed by atoms with van der Waals surface area (Å²) in [7, 11) is -3.69. The molecule has 0 aliphatic carbocycles. The van der Waals surface area contributed by atoms with E-state index in [4.69, 9.17) is 0 Å². The molecule has 1 aromatic rings. The van der Waals surface area contributed by atoms with Crippen LogP contribution in [0.3, 0.4) is 0 Å². The number of anilines is 1. The summed E-state index contributed by atoms with van der Waals surface area (Å²) < 4.78 is 61.3. The van der Waals surface area contributed by atoms with Gasteiger partial charge in [0.05, 0.1) is 39.1 Å². The van der Waals surface area contributed by atoms with Gasteiger partial charge in [0.25, 0.3) is 11.4 Å². The molecular formula is C11H10F3N3O7S. The number of nitro benzene ring substituents is 2. The molecule has 0 saturated carbocycles. The van der Waals surface area contributed by atoms with Crippen molar-refractivity contribution in [3.8, 4) is 0 Å². The number of sulfone groups is 1. The van der Waals surface area contributed by atoms with Crippen LogP contribution in [-0.2, 0) is 16.0 Å². The van der Waals surface area contributed by atoms with E-state index in [1.54, 1.807) is 0 Å². The highest BCUT2D eigenvalue weighted by molar-refractivity contribution is 7.91. The van der Waals surface area contributed by atoms with Gasteiger partial charge in [0.2, 0.25) is 0 Å². The predicted octanol–water partition coefficient (Wildman–Crippen LogP) is 1.09. The summed E-state index contributed by atoms with van der Waals surface area (Å²) in [5.74, 6) is -1.35. The average molecular weight is 385 g/mol. The minimum atomic E-state index is -5.07. The van der Waals surface area contributed by atoms with Crippen LogP contribution in [0, 0.1) is 20.2 Å². The number of aliphatic hydroxyl groups excluding tert-OH is 1. The Morgan fingerprint density at radius 1 is 1.12 bits per heavy atom. The minimum Gasteiger partial charge on any atom is -0.390 e. The van der Waals surface area contributed by atoms with E-state index in [1.807, 2.05) is 0 Å². The number of halogens is 3. The topological polar surface area (TPSA) is 153 Å². The zero-order valence-electron chi connectivity index (χ0n) is 12.1. The molecule has 10 nitrogen and oxygen atoms in total. The van der Waals surface area contributed by atoms with Crippen molar-refractivity contribution in [3.05, 3.63) is 37.9 Å². The molecule has 0 bridgehead atoms. The fourth-order valence-electron chi connectivity index (χ4n) is 2.36. The van der Waals surface area contributed by atoms with Crippen molar-refractivity contribution in [2.24, 2.45) is 0 Å². The summed E-state index contributed by atoms with van der Waals surface area (Å²) in [4.78, 5) is 19.6. The summed E-state index contributed by atoms with van der Waals surface area (Å²) in [5, 5.41) is 33.9. The van der Waals surface area contributed by atoms with Crippen LogP contribution < -0.4 is 5.32 Å². The van der Waals surface area contributed by atoms with Crippen molar-refractivity contribution >= 4 is 26.9 Å². The van der Waals surface area contributed by atoms with Crippen molar-refractivity contribution in [1.82, 2.24) is 0 Å². The first kappa shape index (κ1) is 18.9. The third-order valence-corrected chi connectivity index (χ3v) is 5.19. The number of benzene rings is 1. The molecule has 14 heteroatoms. The van der Waals surface area contributed by atoms with E-state index in [-0.39, 0.29) is 12.1 Å². The fraction of sp³-hybridized carbons (Fsp3) is 0.455. The Kier molecular flexibility index (Phi) is 4.61. The monoisotopic (exact) mass is 385 g/mol. The normalized spacial score (nSPS) is 22.6. The molecule has 1 heterocycles. The van der Waals surface area contributed by atoms with Gasteiger partial charge in [-0.3, -0.25) is 20.2 Å². The molecule has 0 unspecified atom stereocenters. The van der Waals surface area contributed by atoms with Gasteiger partial charge >= 0.3 is 6.18 Å². The lowest BCUT2D eigenvalue weighted by Crippen LogP contribution is -2.32. The van der Waals surface area contributed by atoms with E-state index in [2.05, 4.69) is 5.32 Å². The Morgan fingerprint density at radius 3 is 1.92 bits per heavy atom. The highest BCUT2D eigenvalue weighted by Gasteiger charge is 2.41. The molecule has 2 atom stereocenters. The van der Waals surface area contributed by atoms with Crippen molar-refractivity contribution in [3.63, 3.8) is 0 Å². The molecule has 0 aromatic heterocycles. The molecule has 2 rings (SSSR count). The first-order valence-electron chi connectivity index (χ1n) is 6.51. The number of nitrogens with zero attached hydrogens (tertiary/aromatic N) is 2. The maximum absolute atomic E-state index is 12.8. The Labute approximate surface area is 137 Å². The van der Waals surface area contributed by atoms with Gasteiger partial charge in [0.1, 0.15) is 0 Å². The smallest absolute Gasteiger partial charge is 0.390 e. The Bertz CT molecular complexity index is 805. The molecular weight excluding hydrogens is 375 g/mol. The van der Waals surface area contributed by atoms with E-state index in [0.717, 1.165) is 0 Å². The van der Waals surface area contributed by atoms with Gasteiger partial charge in [-0.05, 0) is 0 Å². The van der Waals surface area contributed by atoms with Crippen LogP contribution in [0.1, 0.15) is 5.56 Å². The Morgan fingerprint density at radius 2 is 1.60 bits per heavy atom. The SMILES string of the molecule is O=[N+]([O-])c1cc(C(F)(F)F)cc([N+](=O)[O-])c1N[C@H]1CS(=O)(=O)C[C@@H]1O. The quantitative estimate of drug-likeness (QED) is 0.577. The molecule has 2 N–H and O–H groups in total. The summed E-state index contributed by atoms with van der Waals surface area (Å²) in [6, 6.07) is -1.13. The first-order chi connectivity index (χ1) is 11.3. The number of hydrogen-bond acceptors (Lipinski definition) is 8. The number of nitro groups is 2. The molecule has 0 spiro atoms. The van der Waals surface area contributed by atoms with Gasteiger partial charge in [0.15, 0.2) is 15.5 Å². The van der Waals surface area contributed by atoms with E-state index in [1.165, 1.54) is 0 Å². The highest BCUT2D eigenvalue weighted by atomic mass is 32.2. The second kappa shape index (κ2) is 6.11. The van der Waals surface area contributed by atoms with Gasteiger partial charge in [-0.15, -0.1) is 0 Å². The number of alkyl halides is 3. The fourth-order valence-corrected chi connectivity index (χ4v) is 4.10. The summed E-state index contributed by atoms with van der Waals surface area (Å²) >= 11 is 0. The molecule has 1 fully saturated rings. The second-order valence-electron chi connectivity index (χ2n) is 5.30. The van der Waals surface area contributed by atoms with Crippen LogP contribution in [0.5, 0.6) is 0 Å². The van der Waals surface area contributed by atoms with Crippen LogP contribution in [0.4, 0.5) is 30.2 Å². The van der Waals surface area contributed by atoms with Gasteiger partial charge in [-0.1, -0.05) is 0 Å². The molecule has 1 aromatic carbocycles. The molecule has 1 aliphatic heterocycles. The Hall–Kier alpha value is -2.48. The maximum Gasteiger partial charge on any atom is 0.416 e. The van der Waals surface area contributed by atoms with Crippen LogP contribution in [0.25, 0.3) is 0 Å². The summed E-state index contributed by atoms with van der Waals surface area (Å²) in [6.07, 6.45) is -6.59. The zero-order valence-corrected chi connectivity index (χ0v) is 12.9. The van der Waals surface area contributed by atoms with E-state index >= 15 is 0 Å².